The number of halogens is 1. The highest BCUT2D eigenvalue weighted by atomic mass is 19.1. The SMILES string of the molecule is CC(C)(CO)[C@@H](N)c1cc([N+](=O)[O-])ccc1F. The first-order valence-electron chi connectivity index (χ1n) is 5.10. The maximum absolute atomic E-state index is 13.6. The highest BCUT2D eigenvalue weighted by molar-refractivity contribution is 5.37. The maximum atomic E-state index is 13.6. The summed E-state index contributed by atoms with van der Waals surface area (Å²) in [7, 11) is 0. The zero-order chi connectivity index (χ0) is 13.2. The molecule has 17 heavy (non-hydrogen) atoms. The second kappa shape index (κ2) is 4.77. The Balaban J connectivity index is 3.21. The van der Waals surface area contributed by atoms with E-state index in [0.29, 0.717) is 0 Å². The lowest BCUT2D eigenvalue weighted by Crippen LogP contribution is -2.33. The fourth-order valence-corrected chi connectivity index (χ4v) is 1.40. The van der Waals surface area contributed by atoms with Gasteiger partial charge in [0.2, 0.25) is 0 Å². The molecular weight excluding hydrogens is 227 g/mol. The summed E-state index contributed by atoms with van der Waals surface area (Å²) in [5, 5.41) is 19.8. The van der Waals surface area contributed by atoms with Gasteiger partial charge < -0.3 is 10.8 Å². The number of aliphatic hydroxyl groups excluding tert-OH is 1. The summed E-state index contributed by atoms with van der Waals surface area (Å²) < 4.78 is 13.6. The molecular formula is C11H15FN2O3. The third kappa shape index (κ3) is 2.78. The van der Waals surface area contributed by atoms with Crippen molar-refractivity contribution in [2.24, 2.45) is 11.1 Å². The zero-order valence-corrected chi connectivity index (χ0v) is 9.68. The number of nitrogens with two attached hydrogens (primary N) is 1. The summed E-state index contributed by atoms with van der Waals surface area (Å²) in [6, 6.07) is 2.39. The first-order chi connectivity index (χ1) is 7.79. The van der Waals surface area contributed by atoms with Crippen molar-refractivity contribution in [2.45, 2.75) is 19.9 Å². The van der Waals surface area contributed by atoms with E-state index in [-0.39, 0.29) is 17.9 Å². The van der Waals surface area contributed by atoms with Crippen LogP contribution in [0.15, 0.2) is 18.2 Å². The largest absolute Gasteiger partial charge is 0.396 e. The number of hydrogen-bond acceptors (Lipinski definition) is 4. The third-order valence-electron chi connectivity index (χ3n) is 2.77. The summed E-state index contributed by atoms with van der Waals surface area (Å²) in [6.45, 7) is 3.09. The molecule has 1 rings (SSSR count). The van der Waals surface area contributed by atoms with Gasteiger partial charge in [0.15, 0.2) is 0 Å². The van der Waals surface area contributed by atoms with Crippen LogP contribution < -0.4 is 5.73 Å². The van der Waals surface area contributed by atoms with Gasteiger partial charge in [0.1, 0.15) is 5.82 Å². The molecule has 0 fully saturated rings. The average Bonchev–Trinajstić information content (AvgIpc) is 2.28. The van der Waals surface area contributed by atoms with Crippen LogP contribution in [0.25, 0.3) is 0 Å². The van der Waals surface area contributed by atoms with Gasteiger partial charge in [0, 0.05) is 35.8 Å². The lowest BCUT2D eigenvalue weighted by atomic mass is 9.81. The molecule has 94 valence electrons. The van der Waals surface area contributed by atoms with Crippen molar-refractivity contribution in [1.29, 1.82) is 0 Å². The Hall–Kier alpha value is -1.53. The Morgan fingerprint density at radius 1 is 1.59 bits per heavy atom. The van der Waals surface area contributed by atoms with Gasteiger partial charge in [0.25, 0.3) is 5.69 Å². The van der Waals surface area contributed by atoms with Crippen LogP contribution in [0.4, 0.5) is 10.1 Å². The predicted molar refractivity (Wildman–Crippen MR) is 60.8 cm³/mol. The monoisotopic (exact) mass is 242 g/mol. The molecule has 0 aliphatic rings. The predicted octanol–water partition coefficient (Wildman–Crippen LogP) is 1.75. The van der Waals surface area contributed by atoms with E-state index in [1.165, 1.54) is 0 Å². The van der Waals surface area contributed by atoms with E-state index in [1.54, 1.807) is 13.8 Å². The third-order valence-corrected chi connectivity index (χ3v) is 2.77. The quantitative estimate of drug-likeness (QED) is 0.621. The van der Waals surface area contributed by atoms with E-state index in [9.17, 15) is 14.5 Å². The summed E-state index contributed by atoms with van der Waals surface area (Å²) in [4.78, 5) is 9.99. The number of aliphatic hydroxyl groups is 1. The lowest BCUT2D eigenvalue weighted by molar-refractivity contribution is -0.385. The smallest absolute Gasteiger partial charge is 0.269 e. The molecule has 0 amide bonds. The average molecular weight is 242 g/mol. The molecule has 1 atom stereocenters. The van der Waals surface area contributed by atoms with Gasteiger partial charge in [-0.1, -0.05) is 13.8 Å². The summed E-state index contributed by atoms with van der Waals surface area (Å²) in [6.07, 6.45) is 0. The van der Waals surface area contributed by atoms with Crippen LogP contribution in [-0.2, 0) is 0 Å². The number of benzene rings is 1. The van der Waals surface area contributed by atoms with Gasteiger partial charge in [-0.3, -0.25) is 10.1 Å². The number of non-ortho nitro benzene ring substituents is 1. The van der Waals surface area contributed by atoms with Crippen molar-refractivity contribution in [1.82, 2.24) is 0 Å². The van der Waals surface area contributed by atoms with Gasteiger partial charge in [-0.05, 0) is 6.07 Å². The van der Waals surface area contributed by atoms with Crippen LogP contribution in [0.5, 0.6) is 0 Å². The molecule has 0 radical (unpaired) electrons. The van der Waals surface area contributed by atoms with E-state index in [0.717, 1.165) is 18.2 Å². The summed E-state index contributed by atoms with van der Waals surface area (Å²) in [5.41, 5.74) is 4.90. The maximum Gasteiger partial charge on any atom is 0.269 e. The van der Waals surface area contributed by atoms with E-state index in [2.05, 4.69) is 0 Å². The summed E-state index contributed by atoms with van der Waals surface area (Å²) >= 11 is 0. The summed E-state index contributed by atoms with van der Waals surface area (Å²) in [5.74, 6) is -0.607. The second-order valence-corrected chi connectivity index (χ2v) is 4.59. The second-order valence-electron chi connectivity index (χ2n) is 4.59. The van der Waals surface area contributed by atoms with Crippen LogP contribution in [0.1, 0.15) is 25.5 Å². The fourth-order valence-electron chi connectivity index (χ4n) is 1.40. The molecule has 0 aliphatic carbocycles. The first kappa shape index (κ1) is 13.5. The minimum absolute atomic E-state index is 0.0400. The molecule has 6 heteroatoms. The number of hydrogen-bond donors (Lipinski definition) is 2. The molecule has 0 saturated heterocycles. The number of rotatable bonds is 4. The Morgan fingerprint density at radius 3 is 2.65 bits per heavy atom. The van der Waals surface area contributed by atoms with Gasteiger partial charge in [-0.25, -0.2) is 4.39 Å². The van der Waals surface area contributed by atoms with Crippen molar-refractivity contribution in [3.63, 3.8) is 0 Å². The first-order valence-corrected chi connectivity index (χ1v) is 5.10. The fraction of sp³-hybridized carbons (Fsp3) is 0.455. The van der Waals surface area contributed by atoms with Crippen molar-refractivity contribution in [3.05, 3.63) is 39.7 Å². The standard InChI is InChI=1S/C11H15FN2O3/c1-11(2,6-15)10(13)8-5-7(14(16)17)3-4-9(8)12/h3-5,10,15H,6,13H2,1-2H3/t10-/m0/s1. The molecule has 0 saturated carbocycles. The van der Waals surface area contributed by atoms with E-state index >= 15 is 0 Å². The van der Waals surface area contributed by atoms with Gasteiger partial charge >= 0.3 is 0 Å². The highest BCUT2D eigenvalue weighted by Gasteiger charge is 2.30. The molecule has 0 heterocycles. The van der Waals surface area contributed by atoms with E-state index in [4.69, 9.17) is 10.8 Å². The molecule has 3 N–H and O–H groups in total. The van der Waals surface area contributed by atoms with Crippen LogP contribution in [0.3, 0.4) is 0 Å². The van der Waals surface area contributed by atoms with Gasteiger partial charge in [-0.2, -0.15) is 0 Å². The van der Waals surface area contributed by atoms with Crippen molar-refractivity contribution in [3.8, 4) is 0 Å². The Morgan fingerprint density at radius 2 is 2.18 bits per heavy atom. The topological polar surface area (TPSA) is 89.4 Å². The van der Waals surface area contributed by atoms with Crippen LogP contribution in [0.2, 0.25) is 0 Å². The normalized spacial score (nSPS) is 13.5. The Bertz CT molecular complexity index is 435. The lowest BCUT2D eigenvalue weighted by Gasteiger charge is -2.29. The van der Waals surface area contributed by atoms with Crippen molar-refractivity contribution < 1.29 is 14.4 Å². The number of nitro groups is 1. The molecule has 0 aliphatic heterocycles. The molecule has 0 unspecified atom stereocenters. The molecule has 0 bridgehead atoms. The molecule has 1 aromatic rings. The van der Waals surface area contributed by atoms with Crippen molar-refractivity contribution in [2.75, 3.05) is 6.61 Å². The molecule has 0 spiro atoms. The van der Waals surface area contributed by atoms with Gasteiger partial charge in [0.05, 0.1) is 4.92 Å². The van der Waals surface area contributed by atoms with Crippen LogP contribution in [0, 0.1) is 21.3 Å². The zero-order valence-electron chi connectivity index (χ0n) is 9.68. The molecule has 5 nitrogen and oxygen atoms in total. The Kier molecular flexibility index (Phi) is 3.79. The minimum atomic E-state index is -0.813. The van der Waals surface area contributed by atoms with Crippen molar-refractivity contribution >= 4 is 5.69 Å². The Labute approximate surface area is 98.2 Å². The molecule has 0 aromatic heterocycles. The molecule has 1 aromatic carbocycles. The van der Waals surface area contributed by atoms with Gasteiger partial charge in [-0.15, -0.1) is 0 Å². The number of nitro benzene ring substituents is 1. The van der Waals surface area contributed by atoms with E-state index in [1.807, 2.05) is 0 Å². The van der Waals surface area contributed by atoms with Crippen LogP contribution >= 0.6 is 0 Å². The minimum Gasteiger partial charge on any atom is -0.396 e. The van der Waals surface area contributed by atoms with Crippen LogP contribution in [-0.4, -0.2) is 16.6 Å². The highest BCUT2D eigenvalue weighted by Crippen LogP contribution is 2.33. The number of nitrogens with zero attached hydrogens (tertiary/aromatic N) is 1. The van der Waals surface area contributed by atoms with E-state index < -0.39 is 22.2 Å².